The number of carbonyl (C=O) groups excluding carboxylic acids is 1. The number of nitrogens with two attached hydrogens (primary N) is 1. The molecule has 0 radical (unpaired) electrons. The van der Waals surface area contributed by atoms with Crippen molar-refractivity contribution in [2.75, 3.05) is 30.1 Å². The van der Waals surface area contributed by atoms with E-state index in [1.165, 1.54) is 12.2 Å². The van der Waals surface area contributed by atoms with Crippen LogP contribution in [0.15, 0.2) is 0 Å². The lowest BCUT2D eigenvalue weighted by Gasteiger charge is -2.09. The maximum absolute atomic E-state index is 11.1. The Kier molecular flexibility index (Phi) is 10.7. The number of esters is 1. The van der Waals surface area contributed by atoms with Crippen LogP contribution in [0.2, 0.25) is 0 Å². The third kappa shape index (κ3) is 9.08. The maximum atomic E-state index is 11.1. The van der Waals surface area contributed by atoms with Crippen molar-refractivity contribution < 1.29 is 9.53 Å². The number of carbonyl (C=O) groups is 1. The molecule has 0 aromatic heterocycles. The van der Waals surface area contributed by atoms with Gasteiger partial charge in [-0.1, -0.05) is 0 Å². The molecule has 1 unspecified atom stereocenters. The highest BCUT2D eigenvalue weighted by molar-refractivity contribution is 7.99. The Morgan fingerprint density at radius 3 is 2.73 bits per heavy atom. The van der Waals surface area contributed by atoms with Crippen molar-refractivity contribution >= 4 is 29.5 Å². The van der Waals surface area contributed by atoms with E-state index in [2.05, 4.69) is 6.26 Å². The summed E-state index contributed by atoms with van der Waals surface area (Å²) in [6.45, 7) is 2.20. The lowest BCUT2D eigenvalue weighted by Crippen LogP contribution is -2.32. The summed E-state index contributed by atoms with van der Waals surface area (Å²) in [5.74, 6) is 3.02. The molecule has 2 N–H and O–H groups in total. The standard InChI is InChI=1S/C10H21NO2S2/c1-3-13-10(12)9(11)5-8-15-7-4-6-14-2/h9H,3-8,11H2,1-2H3. The van der Waals surface area contributed by atoms with Crippen LogP contribution in [-0.2, 0) is 9.53 Å². The van der Waals surface area contributed by atoms with E-state index in [-0.39, 0.29) is 5.97 Å². The van der Waals surface area contributed by atoms with Gasteiger partial charge in [0.2, 0.25) is 0 Å². The molecule has 1 atom stereocenters. The number of thioether (sulfide) groups is 2. The van der Waals surface area contributed by atoms with Crippen molar-refractivity contribution in [1.29, 1.82) is 0 Å². The molecule has 0 fully saturated rings. The summed E-state index contributed by atoms with van der Waals surface area (Å²) in [7, 11) is 0. The van der Waals surface area contributed by atoms with E-state index in [0.717, 1.165) is 11.5 Å². The molecule has 0 saturated carbocycles. The zero-order valence-electron chi connectivity index (χ0n) is 9.53. The minimum atomic E-state index is -0.446. The highest BCUT2D eigenvalue weighted by Gasteiger charge is 2.13. The fourth-order valence-electron chi connectivity index (χ4n) is 0.985. The molecule has 90 valence electrons. The summed E-state index contributed by atoms with van der Waals surface area (Å²) in [5.41, 5.74) is 5.65. The van der Waals surface area contributed by atoms with Gasteiger partial charge < -0.3 is 10.5 Å². The minimum absolute atomic E-state index is 0.276. The Balaban J connectivity index is 3.30. The summed E-state index contributed by atoms with van der Waals surface area (Å²) < 4.78 is 4.82. The van der Waals surface area contributed by atoms with Gasteiger partial charge in [0.05, 0.1) is 6.61 Å². The predicted molar refractivity (Wildman–Crippen MR) is 69.5 cm³/mol. The van der Waals surface area contributed by atoms with E-state index >= 15 is 0 Å². The van der Waals surface area contributed by atoms with E-state index in [1.807, 2.05) is 23.5 Å². The van der Waals surface area contributed by atoms with Crippen molar-refractivity contribution in [3.63, 3.8) is 0 Å². The van der Waals surface area contributed by atoms with Gasteiger partial charge in [-0.05, 0) is 43.3 Å². The topological polar surface area (TPSA) is 52.3 Å². The lowest BCUT2D eigenvalue weighted by molar-refractivity contribution is -0.144. The molecule has 0 rings (SSSR count). The summed E-state index contributed by atoms with van der Waals surface area (Å²) in [4.78, 5) is 11.1. The molecule has 0 heterocycles. The van der Waals surface area contributed by atoms with Gasteiger partial charge in [0.25, 0.3) is 0 Å². The van der Waals surface area contributed by atoms with Crippen LogP contribution in [0.3, 0.4) is 0 Å². The minimum Gasteiger partial charge on any atom is -0.465 e. The Hall–Kier alpha value is 0.130. The lowest BCUT2D eigenvalue weighted by atomic mass is 10.2. The van der Waals surface area contributed by atoms with Gasteiger partial charge in [-0.25, -0.2) is 0 Å². The van der Waals surface area contributed by atoms with Gasteiger partial charge in [0.15, 0.2) is 0 Å². The quantitative estimate of drug-likeness (QED) is 0.500. The second-order valence-electron chi connectivity index (χ2n) is 3.11. The monoisotopic (exact) mass is 251 g/mol. The van der Waals surface area contributed by atoms with Gasteiger partial charge in [-0.3, -0.25) is 4.79 Å². The van der Waals surface area contributed by atoms with E-state index in [4.69, 9.17) is 10.5 Å². The number of hydrogen-bond acceptors (Lipinski definition) is 5. The van der Waals surface area contributed by atoms with Gasteiger partial charge in [0, 0.05) is 0 Å². The van der Waals surface area contributed by atoms with Crippen LogP contribution in [0.1, 0.15) is 19.8 Å². The van der Waals surface area contributed by atoms with Gasteiger partial charge in [-0.2, -0.15) is 23.5 Å². The number of hydrogen-bond donors (Lipinski definition) is 1. The summed E-state index contributed by atoms with van der Waals surface area (Å²) >= 11 is 3.72. The zero-order valence-corrected chi connectivity index (χ0v) is 11.2. The van der Waals surface area contributed by atoms with Gasteiger partial charge in [0.1, 0.15) is 6.04 Å². The zero-order chi connectivity index (χ0) is 11.5. The van der Waals surface area contributed by atoms with Crippen molar-refractivity contribution in [3.05, 3.63) is 0 Å². The molecule has 0 bridgehead atoms. The van der Waals surface area contributed by atoms with Crippen molar-refractivity contribution in [3.8, 4) is 0 Å². The molecule has 3 nitrogen and oxygen atoms in total. The molecule has 0 aliphatic heterocycles. The Labute approximate surface area is 101 Å². The molecular formula is C10H21NO2S2. The van der Waals surface area contributed by atoms with Crippen LogP contribution in [-0.4, -0.2) is 42.1 Å². The molecule has 0 amide bonds. The Bertz CT molecular complexity index is 168. The Morgan fingerprint density at radius 2 is 2.13 bits per heavy atom. The van der Waals surface area contributed by atoms with Crippen LogP contribution in [0.4, 0.5) is 0 Å². The molecule has 0 aliphatic rings. The molecule has 0 spiro atoms. The van der Waals surface area contributed by atoms with Crippen LogP contribution in [0.5, 0.6) is 0 Å². The fourth-order valence-corrected chi connectivity index (χ4v) is 2.57. The third-order valence-corrected chi connectivity index (χ3v) is 3.60. The normalized spacial score (nSPS) is 12.5. The summed E-state index contributed by atoms with van der Waals surface area (Å²) in [6, 6.07) is -0.446. The molecule has 0 saturated heterocycles. The largest absolute Gasteiger partial charge is 0.465 e. The van der Waals surface area contributed by atoms with Crippen molar-refractivity contribution in [2.24, 2.45) is 5.73 Å². The molecule has 0 aromatic carbocycles. The smallest absolute Gasteiger partial charge is 0.322 e. The number of rotatable bonds is 9. The average molecular weight is 251 g/mol. The average Bonchev–Trinajstić information content (AvgIpc) is 2.23. The second kappa shape index (κ2) is 10.6. The molecule has 15 heavy (non-hydrogen) atoms. The van der Waals surface area contributed by atoms with Crippen molar-refractivity contribution in [1.82, 2.24) is 0 Å². The Morgan fingerprint density at radius 1 is 1.40 bits per heavy atom. The van der Waals surface area contributed by atoms with Crippen LogP contribution >= 0.6 is 23.5 Å². The first-order chi connectivity index (χ1) is 7.22. The molecule has 0 aliphatic carbocycles. The van der Waals surface area contributed by atoms with Crippen LogP contribution in [0.25, 0.3) is 0 Å². The summed E-state index contributed by atoms with van der Waals surface area (Å²) in [5, 5.41) is 0. The highest BCUT2D eigenvalue weighted by Crippen LogP contribution is 2.08. The predicted octanol–water partition coefficient (Wildman–Crippen LogP) is 1.75. The first-order valence-corrected chi connectivity index (χ1v) is 7.76. The van der Waals surface area contributed by atoms with E-state index in [9.17, 15) is 4.79 Å². The fraction of sp³-hybridized carbons (Fsp3) is 0.900. The van der Waals surface area contributed by atoms with E-state index < -0.39 is 6.04 Å². The van der Waals surface area contributed by atoms with Gasteiger partial charge in [-0.15, -0.1) is 0 Å². The molecular weight excluding hydrogens is 230 g/mol. The molecule has 5 heteroatoms. The third-order valence-electron chi connectivity index (χ3n) is 1.80. The molecule has 0 aromatic rings. The first kappa shape index (κ1) is 15.1. The maximum Gasteiger partial charge on any atom is 0.322 e. The van der Waals surface area contributed by atoms with Crippen molar-refractivity contribution in [2.45, 2.75) is 25.8 Å². The van der Waals surface area contributed by atoms with Crippen LogP contribution < -0.4 is 5.73 Å². The first-order valence-electron chi connectivity index (χ1n) is 5.21. The number of ether oxygens (including phenoxy) is 1. The van der Waals surface area contributed by atoms with Gasteiger partial charge >= 0.3 is 5.97 Å². The summed E-state index contributed by atoms with van der Waals surface area (Å²) in [6.07, 6.45) is 4.05. The van der Waals surface area contributed by atoms with E-state index in [0.29, 0.717) is 13.0 Å². The highest BCUT2D eigenvalue weighted by atomic mass is 32.2. The second-order valence-corrected chi connectivity index (χ2v) is 5.32. The SMILES string of the molecule is CCOC(=O)C(N)CCSCCCSC. The van der Waals surface area contributed by atoms with E-state index in [1.54, 1.807) is 6.92 Å². The van der Waals surface area contributed by atoms with Crippen LogP contribution in [0, 0.1) is 0 Å².